The van der Waals surface area contributed by atoms with E-state index in [2.05, 4.69) is 20.4 Å². The lowest BCUT2D eigenvalue weighted by Gasteiger charge is -2.26. The van der Waals surface area contributed by atoms with Crippen LogP contribution in [-0.2, 0) is 16.5 Å². The van der Waals surface area contributed by atoms with Gasteiger partial charge in [-0.1, -0.05) is 18.5 Å². The van der Waals surface area contributed by atoms with E-state index in [-0.39, 0.29) is 18.3 Å². The minimum atomic E-state index is -1.38. The van der Waals surface area contributed by atoms with Crippen LogP contribution >= 0.6 is 11.6 Å². The first-order chi connectivity index (χ1) is 17.5. The van der Waals surface area contributed by atoms with Gasteiger partial charge < -0.3 is 20.5 Å². The topological polar surface area (TPSA) is 99.6 Å². The summed E-state index contributed by atoms with van der Waals surface area (Å²) >= 11 is 6.65. The second-order valence-electron chi connectivity index (χ2n) is 8.93. The number of nitrogens with one attached hydrogen (secondary N) is 1. The summed E-state index contributed by atoms with van der Waals surface area (Å²) in [6, 6.07) is 6.16. The normalized spacial score (nSPS) is 17.9. The van der Waals surface area contributed by atoms with Gasteiger partial charge in [0.05, 0.1) is 21.4 Å². The zero-order chi connectivity index (χ0) is 26.9. The molecule has 12 heteroatoms. The van der Waals surface area contributed by atoms with E-state index in [4.69, 9.17) is 42.5 Å². The van der Waals surface area contributed by atoms with Crippen LogP contribution in [0.3, 0.4) is 0 Å². The fourth-order valence-corrected chi connectivity index (χ4v) is 4.49. The van der Waals surface area contributed by atoms with Gasteiger partial charge in [0.25, 0.3) is 0 Å². The molecule has 3 N–H and O–H groups in total. The Kier molecular flexibility index (Phi) is 7.66. The molecule has 1 aliphatic rings. The summed E-state index contributed by atoms with van der Waals surface area (Å²) in [6.07, 6.45) is 2.92. The Morgan fingerprint density at radius 1 is 1.41 bits per heavy atom. The molecule has 8 nitrogen and oxygen atoms in total. The van der Waals surface area contributed by atoms with Crippen LogP contribution in [0, 0.1) is 5.82 Å². The fourth-order valence-electron chi connectivity index (χ4n) is 4.26. The molecule has 0 saturated carbocycles. The molecule has 2 bridgehead atoms. The predicted octanol–water partition coefficient (Wildman–Crippen LogP) is 3.79. The number of aliphatic imine (C=N–C) groups is 1. The molecular weight excluding hydrogens is 492 g/mol. The molecule has 2 aromatic heterocycles. The van der Waals surface area contributed by atoms with Crippen molar-refractivity contribution < 1.29 is 13.9 Å². The maximum atomic E-state index is 14.4. The number of hydrogen-bond acceptors (Lipinski definition) is 7. The second kappa shape index (κ2) is 10.6. The average molecular weight is 519 g/mol. The summed E-state index contributed by atoms with van der Waals surface area (Å²) in [6.45, 7) is 3.61. The van der Waals surface area contributed by atoms with E-state index < -0.39 is 17.3 Å². The first kappa shape index (κ1) is 26.8. The first-order valence-corrected chi connectivity index (χ1v) is 11.9. The molecule has 188 valence electrons. The number of hydrogen-bond donors (Lipinski definition) is 2. The van der Waals surface area contributed by atoms with Crippen molar-refractivity contribution in [2.24, 2.45) is 10.7 Å². The largest absolute Gasteiger partial charge is 0.482 e. The number of nitrogens with two attached hydrogens (primary N) is 1. The SMILES string of the molecule is [B]C([B])(C)n1nc(Cl)c2c1-c1cnc(NCOC)c(c1)O[C@H](C)c1cc(F)ccc1/C(N)=C(/C=NC)C2. The number of allylic oxidation sites excluding steroid dienone is 1. The quantitative estimate of drug-likeness (QED) is 0.303. The number of nitrogens with zero attached hydrogens (tertiary/aromatic N) is 4. The van der Waals surface area contributed by atoms with Crippen LogP contribution in [0.4, 0.5) is 10.2 Å². The van der Waals surface area contributed by atoms with E-state index in [1.54, 1.807) is 52.5 Å². The molecule has 37 heavy (non-hydrogen) atoms. The average Bonchev–Trinajstić information content (AvgIpc) is 3.18. The van der Waals surface area contributed by atoms with Gasteiger partial charge in [-0.15, -0.1) is 0 Å². The smallest absolute Gasteiger partial charge is 0.170 e. The highest BCUT2D eigenvalue weighted by Gasteiger charge is 2.28. The predicted molar refractivity (Wildman–Crippen MR) is 146 cm³/mol. The Labute approximate surface area is 222 Å². The summed E-state index contributed by atoms with van der Waals surface area (Å²) in [5.74, 6) is 0.402. The van der Waals surface area contributed by atoms with E-state index in [1.165, 1.54) is 16.8 Å². The number of fused-ring (bicyclic) bond motifs is 5. The van der Waals surface area contributed by atoms with Crippen molar-refractivity contribution in [3.8, 4) is 17.0 Å². The lowest BCUT2D eigenvalue weighted by molar-refractivity contribution is 0.214. The summed E-state index contributed by atoms with van der Waals surface area (Å²) in [7, 11) is 15.7. The Morgan fingerprint density at radius 3 is 2.84 bits per heavy atom. The van der Waals surface area contributed by atoms with Crippen LogP contribution in [0.15, 0.2) is 41.0 Å². The minimum absolute atomic E-state index is 0.191. The molecule has 0 amide bonds. The van der Waals surface area contributed by atoms with Crippen LogP contribution in [0.5, 0.6) is 5.75 Å². The molecule has 3 heterocycles. The van der Waals surface area contributed by atoms with E-state index in [1.807, 2.05) is 0 Å². The number of aromatic nitrogens is 3. The van der Waals surface area contributed by atoms with Crippen molar-refractivity contribution in [1.29, 1.82) is 0 Å². The number of anilines is 1. The monoisotopic (exact) mass is 518 g/mol. The van der Waals surface area contributed by atoms with E-state index >= 15 is 0 Å². The number of ether oxygens (including phenoxy) is 2. The Hall–Kier alpha value is -3.30. The van der Waals surface area contributed by atoms with Crippen molar-refractivity contribution in [2.45, 2.75) is 31.7 Å². The van der Waals surface area contributed by atoms with Crippen LogP contribution in [0.1, 0.15) is 36.6 Å². The molecule has 0 fully saturated rings. The van der Waals surface area contributed by atoms with Crippen molar-refractivity contribution in [2.75, 3.05) is 26.2 Å². The zero-order valence-electron chi connectivity index (χ0n) is 21.0. The lowest BCUT2D eigenvalue weighted by atomic mass is 9.63. The Balaban J connectivity index is 2.07. The van der Waals surface area contributed by atoms with Gasteiger partial charge in [0, 0.05) is 60.9 Å². The molecule has 0 spiro atoms. The maximum Gasteiger partial charge on any atom is 0.170 e. The number of benzene rings is 1. The third-order valence-electron chi connectivity index (χ3n) is 5.94. The van der Waals surface area contributed by atoms with Crippen LogP contribution in [0.25, 0.3) is 17.0 Å². The molecule has 4 rings (SSSR count). The summed E-state index contributed by atoms with van der Waals surface area (Å²) < 4.78 is 27.3. The van der Waals surface area contributed by atoms with Crippen molar-refractivity contribution in [3.63, 3.8) is 0 Å². The first-order valence-electron chi connectivity index (χ1n) is 11.5. The van der Waals surface area contributed by atoms with Gasteiger partial charge in [-0.25, -0.2) is 9.37 Å². The molecule has 1 atom stereocenters. The molecule has 3 aromatic rings. The second-order valence-corrected chi connectivity index (χ2v) is 9.29. The summed E-state index contributed by atoms with van der Waals surface area (Å²) in [5.41, 5.74) is 10.7. The summed E-state index contributed by atoms with van der Waals surface area (Å²) in [4.78, 5) is 8.75. The highest BCUT2D eigenvalue weighted by molar-refractivity contribution is 6.37. The van der Waals surface area contributed by atoms with Gasteiger partial charge in [0.2, 0.25) is 0 Å². The summed E-state index contributed by atoms with van der Waals surface area (Å²) in [5, 5.41) is 6.32. The third kappa shape index (κ3) is 5.38. The Bertz CT molecular complexity index is 1390. The molecular formula is C25H26B2ClFN6O2. The number of rotatable bonds is 5. The maximum absolute atomic E-state index is 14.4. The molecule has 0 aliphatic carbocycles. The van der Waals surface area contributed by atoms with Crippen LogP contribution < -0.4 is 15.8 Å². The standard InChI is InChI=1S/C25H26B2ClFN6O2/c1-13-18-9-16(29)5-6-17(18)21(30)14(10-31-3)7-19-22(35(25(2,26)27)34-23(19)28)15-8-20(37-13)24(32-11-15)33-12-36-4/h5-6,8-11,13H,7,12,30H2,1-4H3,(H,32,33)/b21-14-,31-10?/t13-/m1/s1. The van der Waals surface area contributed by atoms with Gasteiger partial charge in [0.15, 0.2) is 16.7 Å². The zero-order valence-corrected chi connectivity index (χ0v) is 21.8. The number of halogens is 2. The van der Waals surface area contributed by atoms with E-state index in [0.29, 0.717) is 50.8 Å². The highest BCUT2D eigenvalue weighted by Crippen LogP contribution is 2.39. The van der Waals surface area contributed by atoms with Crippen molar-refractivity contribution in [1.82, 2.24) is 14.8 Å². The van der Waals surface area contributed by atoms with Crippen LogP contribution in [0.2, 0.25) is 5.15 Å². The highest BCUT2D eigenvalue weighted by atomic mass is 35.5. The fraction of sp³-hybridized carbons (Fsp3) is 0.320. The molecule has 1 aromatic carbocycles. The molecule has 0 saturated heterocycles. The van der Waals surface area contributed by atoms with Gasteiger partial charge in [0.1, 0.15) is 18.7 Å². The van der Waals surface area contributed by atoms with E-state index in [9.17, 15) is 4.39 Å². The van der Waals surface area contributed by atoms with E-state index in [0.717, 1.165) is 0 Å². The Morgan fingerprint density at radius 2 is 2.16 bits per heavy atom. The lowest BCUT2D eigenvalue weighted by Crippen LogP contribution is -2.32. The number of methoxy groups -OCH3 is 1. The van der Waals surface area contributed by atoms with Gasteiger partial charge in [-0.2, -0.15) is 5.10 Å². The molecule has 1 aliphatic heterocycles. The third-order valence-corrected chi connectivity index (χ3v) is 6.25. The van der Waals surface area contributed by atoms with Gasteiger partial charge in [-0.3, -0.25) is 9.67 Å². The van der Waals surface area contributed by atoms with Crippen LogP contribution in [-0.4, -0.2) is 57.6 Å². The molecule has 0 unspecified atom stereocenters. The van der Waals surface area contributed by atoms with Gasteiger partial charge >= 0.3 is 0 Å². The molecule has 4 radical (unpaired) electrons. The number of pyridine rings is 1. The van der Waals surface area contributed by atoms with Crippen molar-refractivity contribution >= 4 is 45.0 Å². The minimum Gasteiger partial charge on any atom is -0.482 e. The van der Waals surface area contributed by atoms with Gasteiger partial charge in [-0.05, 0) is 42.1 Å². The van der Waals surface area contributed by atoms with Crippen molar-refractivity contribution in [3.05, 3.63) is 63.7 Å².